The normalized spacial score (nSPS) is 18.1. The van der Waals surface area contributed by atoms with Gasteiger partial charge in [-0.05, 0) is 32.4 Å². The quantitative estimate of drug-likeness (QED) is 0.684. The largest absolute Gasteiger partial charge is 0.316 e. The molecule has 1 aliphatic heterocycles. The van der Waals surface area contributed by atoms with Gasteiger partial charge in [-0.2, -0.15) is 0 Å². The predicted molar refractivity (Wildman–Crippen MR) is 76.7 cm³/mol. The minimum Gasteiger partial charge on any atom is -0.316 e. The number of nitrogens with zero attached hydrogens (tertiary/aromatic N) is 1. The minimum absolute atomic E-state index is 0.183. The summed E-state index contributed by atoms with van der Waals surface area (Å²) in [6.45, 7) is 10.8. The number of hydrogen-bond donors (Lipinski definition) is 1. The van der Waals surface area contributed by atoms with Gasteiger partial charge < -0.3 is 10.2 Å². The average Bonchev–Trinajstić information content (AvgIpc) is 2.28. The van der Waals surface area contributed by atoms with Crippen LogP contribution in [0.4, 0.5) is 0 Å². The molecule has 0 bridgehead atoms. The van der Waals surface area contributed by atoms with E-state index in [0.29, 0.717) is 5.78 Å². The Morgan fingerprint density at radius 2 is 2.00 bits per heavy atom. The van der Waals surface area contributed by atoms with Crippen molar-refractivity contribution in [1.82, 2.24) is 10.2 Å². The molecule has 1 saturated heterocycles. The van der Waals surface area contributed by atoms with Crippen molar-refractivity contribution in [1.29, 1.82) is 0 Å². The maximum atomic E-state index is 12.1. The van der Waals surface area contributed by atoms with Crippen LogP contribution in [0.15, 0.2) is 0 Å². The zero-order chi connectivity index (χ0) is 13.5. The van der Waals surface area contributed by atoms with Gasteiger partial charge in [0.25, 0.3) is 0 Å². The molecule has 106 valence electrons. The van der Waals surface area contributed by atoms with Gasteiger partial charge in [0.2, 0.25) is 0 Å². The summed E-state index contributed by atoms with van der Waals surface area (Å²) < 4.78 is 0. The molecule has 1 fully saturated rings. The van der Waals surface area contributed by atoms with Gasteiger partial charge in [0.1, 0.15) is 5.78 Å². The molecule has 0 saturated carbocycles. The fourth-order valence-electron chi connectivity index (χ4n) is 2.63. The Hall–Kier alpha value is -0.410. The highest BCUT2D eigenvalue weighted by Crippen LogP contribution is 2.18. The van der Waals surface area contributed by atoms with Crippen molar-refractivity contribution in [2.24, 2.45) is 17.8 Å². The minimum atomic E-state index is 0.183. The van der Waals surface area contributed by atoms with Crippen molar-refractivity contribution >= 4 is 5.78 Å². The first-order valence-electron chi connectivity index (χ1n) is 7.47. The second-order valence-corrected chi connectivity index (χ2v) is 6.12. The van der Waals surface area contributed by atoms with Crippen LogP contribution in [-0.4, -0.2) is 43.9 Å². The van der Waals surface area contributed by atoms with E-state index in [0.717, 1.165) is 44.8 Å². The fraction of sp³-hybridized carbons (Fsp3) is 0.933. The summed E-state index contributed by atoms with van der Waals surface area (Å²) >= 11 is 0. The zero-order valence-corrected chi connectivity index (χ0v) is 12.5. The van der Waals surface area contributed by atoms with Gasteiger partial charge in [-0.15, -0.1) is 0 Å². The summed E-state index contributed by atoms with van der Waals surface area (Å²) in [4.78, 5) is 14.5. The maximum Gasteiger partial charge on any atom is 0.138 e. The fourth-order valence-corrected chi connectivity index (χ4v) is 2.63. The van der Waals surface area contributed by atoms with E-state index in [-0.39, 0.29) is 11.8 Å². The molecule has 0 aromatic rings. The van der Waals surface area contributed by atoms with Crippen molar-refractivity contribution in [3.63, 3.8) is 0 Å². The van der Waals surface area contributed by atoms with Crippen LogP contribution in [-0.2, 0) is 4.79 Å². The average molecular weight is 254 g/mol. The highest BCUT2D eigenvalue weighted by atomic mass is 16.1. The van der Waals surface area contributed by atoms with E-state index in [9.17, 15) is 4.79 Å². The molecule has 0 aliphatic carbocycles. The smallest absolute Gasteiger partial charge is 0.138 e. The first-order chi connectivity index (χ1) is 8.54. The molecule has 1 unspecified atom stereocenters. The summed E-state index contributed by atoms with van der Waals surface area (Å²) in [7, 11) is 2.18. The summed E-state index contributed by atoms with van der Waals surface area (Å²) in [5, 5.41) is 3.30. The molecule has 1 aliphatic rings. The molecule has 1 rings (SSSR count). The van der Waals surface area contributed by atoms with Crippen molar-refractivity contribution in [2.75, 3.05) is 33.2 Å². The molecule has 0 aromatic carbocycles. The molecule has 0 spiro atoms. The van der Waals surface area contributed by atoms with Crippen molar-refractivity contribution < 1.29 is 4.79 Å². The molecule has 0 radical (unpaired) electrons. The number of carbonyl (C=O) groups is 1. The molecule has 3 nitrogen and oxygen atoms in total. The van der Waals surface area contributed by atoms with Gasteiger partial charge in [-0.1, -0.05) is 27.2 Å². The molecule has 0 amide bonds. The van der Waals surface area contributed by atoms with Crippen LogP contribution in [0, 0.1) is 17.8 Å². The van der Waals surface area contributed by atoms with E-state index in [4.69, 9.17) is 0 Å². The number of carbonyl (C=O) groups excluding carboxylic acids is 1. The molecule has 18 heavy (non-hydrogen) atoms. The zero-order valence-electron chi connectivity index (χ0n) is 12.5. The lowest BCUT2D eigenvalue weighted by atomic mass is 9.88. The van der Waals surface area contributed by atoms with Crippen LogP contribution < -0.4 is 5.32 Å². The van der Waals surface area contributed by atoms with E-state index >= 15 is 0 Å². The third kappa shape index (κ3) is 5.07. The van der Waals surface area contributed by atoms with Crippen molar-refractivity contribution in [3.8, 4) is 0 Å². The maximum absolute atomic E-state index is 12.1. The van der Waals surface area contributed by atoms with Gasteiger partial charge in [0, 0.05) is 31.5 Å². The lowest BCUT2D eigenvalue weighted by molar-refractivity contribution is -0.126. The Bertz CT molecular complexity index is 249. The number of Topliss-reactive ketones (excluding diaryl/α,β-unsaturated/α-hetero) is 1. The summed E-state index contributed by atoms with van der Waals surface area (Å²) in [6, 6.07) is 0. The highest BCUT2D eigenvalue weighted by molar-refractivity contribution is 5.82. The van der Waals surface area contributed by atoms with E-state index in [1.54, 1.807) is 0 Å². The summed E-state index contributed by atoms with van der Waals surface area (Å²) in [5.41, 5.74) is 0. The first-order valence-corrected chi connectivity index (χ1v) is 7.47. The molecule has 1 N–H and O–H groups in total. The van der Waals surface area contributed by atoms with Gasteiger partial charge in [0.05, 0.1) is 0 Å². The molecule has 1 heterocycles. The third-order valence-electron chi connectivity index (χ3n) is 3.90. The predicted octanol–water partition coefficient (Wildman–Crippen LogP) is 2.17. The standard InChI is InChI=1S/C15H30N2O/c1-5-6-14(15(18)12(2)3)7-8-17(4)11-13-9-16-10-13/h12-14,16H,5-11H2,1-4H3. The highest BCUT2D eigenvalue weighted by Gasteiger charge is 2.22. The van der Waals surface area contributed by atoms with E-state index in [2.05, 4.69) is 24.2 Å². The molecule has 1 atom stereocenters. The second-order valence-electron chi connectivity index (χ2n) is 6.12. The second kappa shape index (κ2) is 7.90. The molecular weight excluding hydrogens is 224 g/mol. The molecule has 3 heteroatoms. The van der Waals surface area contributed by atoms with E-state index < -0.39 is 0 Å². The van der Waals surface area contributed by atoms with Crippen molar-refractivity contribution in [2.45, 2.75) is 40.0 Å². The lowest BCUT2D eigenvalue weighted by Crippen LogP contribution is -2.47. The Balaban J connectivity index is 2.28. The Labute approximate surface area is 112 Å². The molecule has 0 aromatic heterocycles. The van der Waals surface area contributed by atoms with Crippen LogP contribution in [0.25, 0.3) is 0 Å². The number of nitrogens with one attached hydrogen (secondary N) is 1. The van der Waals surface area contributed by atoms with Crippen molar-refractivity contribution in [3.05, 3.63) is 0 Å². The Morgan fingerprint density at radius 1 is 1.33 bits per heavy atom. The first kappa shape index (κ1) is 15.6. The van der Waals surface area contributed by atoms with Crippen LogP contribution >= 0.6 is 0 Å². The number of ketones is 1. The van der Waals surface area contributed by atoms with Gasteiger partial charge in [-0.25, -0.2) is 0 Å². The van der Waals surface area contributed by atoms with Crippen LogP contribution in [0.2, 0.25) is 0 Å². The van der Waals surface area contributed by atoms with Crippen LogP contribution in [0.5, 0.6) is 0 Å². The Kier molecular flexibility index (Phi) is 6.87. The topological polar surface area (TPSA) is 32.3 Å². The van der Waals surface area contributed by atoms with E-state index in [1.807, 2.05) is 13.8 Å². The van der Waals surface area contributed by atoms with Gasteiger partial charge in [0.15, 0.2) is 0 Å². The Morgan fingerprint density at radius 3 is 2.44 bits per heavy atom. The number of hydrogen-bond acceptors (Lipinski definition) is 3. The molecular formula is C15H30N2O. The third-order valence-corrected chi connectivity index (χ3v) is 3.90. The van der Waals surface area contributed by atoms with E-state index in [1.165, 1.54) is 6.54 Å². The number of rotatable bonds is 9. The van der Waals surface area contributed by atoms with Gasteiger partial charge in [-0.3, -0.25) is 4.79 Å². The van der Waals surface area contributed by atoms with Crippen LogP contribution in [0.3, 0.4) is 0 Å². The SMILES string of the molecule is CCCC(CCN(C)CC1CNC1)C(=O)C(C)C. The van der Waals surface area contributed by atoms with Gasteiger partial charge >= 0.3 is 0 Å². The lowest BCUT2D eigenvalue weighted by Gasteiger charge is -2.31. The van der Waals surface area contributed by atoms with Crippen LogP contribution in [0.1, 0.15) is 40.0 Å². The summed E-state index contributed by atoms with van der Waals surface area (Å²) in [6.07, 6.45) is 3.19. The summed E-state index contributed by atoms with van der Waals surface area (Å²) in [5.74, 6) is 1.73. The monoisotopic (exact) mass is 254 g/mol.